The zero-order valence-electron chi connectivity index (χ0n) is 18.2. The summed E-state index contributed by atoms with van der Waals surface area (Å²) in [5.74, 6) is -0.683. The highest BCUT2D eigenvalue weighted by atomic mass is 19.3. The average Bonchev–Trinajstić information content (AvgIpc) is 2.77. The molecule has 3 amide bonds. The van der Waals surface area contributed by atoms with E-state index in [1.54, 1.807) is 11.8 Å². The van der Waals surface area contributed by atoms with E-state index in [-0.39, 0.29) is 48.1 Å². The minimum Gasteiger partial charge on any atom is -0.493 e. The number of likely N-dealkylation sites (tertiary alicyclic amines) is 1. The molecule has 0 spiro atoms. The average molecular weight is 457 g/mol. The first-order chi connectivity index (χ1) is 15.3. The Morgan fingerprint density at radius 1 is 1.19 bits per heavy atom. The van der Waals surface area contributed by atoms with Gasteiger partial charge in [0.2, 0.25) is 5.91 Å². The number of carbonyl (C=O) groups is 3. The SMILES string of the molecule is CCOC(=O)N1CCC(NC(=O)CCCNC(=O)c2ccc(OC(F)F)c(OC)c2)CC1. The molecule has 9 nitrogen and oxygen atoms in total. The number of halogens is 2. The summed E-state index contributed by atoms with van der Waals surface area (Å²) in [4.78, 5) is 37.7. The van der Waals surface area contributed by atoms with Crippen molar-refractivity contribution in [2.75, 3.05) is 33.4 Å². The van der Waals surface area contributed by atoms with Gasteiger partial charge in [0.25, 0.3) is 5.91 Å². The zero-order valence-corrected chi connectivity index (χ0v) is 18.2. The Labute approximate surface area is 185 Å². The second kappa shape index (κ2) is 12.7. The van der Waals surface area contributed by atoms with Crippen LogP contribution in [-0.2, 0) is 9.53 Å². The fourth-order valence-electron chi connectivity index (χ4n) is 3.28. The van der Waals surface area contributed by atoms with E-state index in [9.17, 15) is 23.2 Å². The first-order valence-corrected chi connectivity index (χ1v) is 10.5. The lowest BCUT2D eigenvalue weighted by Crippen LogP contribution is -2.46. The predicted octanol–water partition coefficient (Wildman–Crippen LogP) is 2.54. The van der Waals surface area contributed by atoms with Gasteiger partial charge < -0.3 is 29.7 Å². The van der Waals surface area contributed by atoms with Gasteiger partial charge in [-0.3, -0.25) is 9.59 Å². The lowest BCUT2D eigenvalue weighted by molar-refractivity contribution is -0.122. The van der Waals surface area contributed by atoms with Crippen LogP contribution in [-0.4, -0.2) is 68.8 Å². The maximum atomic E-state index is 12.4. The Balaban J connectivity index is 1.68. The summed E-state index contributed by atoms with van der Waals surface area (Å²) in [6, 6.07) is 3.90. The van der Waals surface area contributed by atoms with Gasteiger partial charge in [-0.25, -0.2) is 4.79 Å². The van der Waals surface area contributed by atoms with Gasteiger partial charge in [0.1, 0.15) is 0 Å². The van der Waals surface area contributed by atoms with Crippen molar-refractivity contribution in [1.82, 2.24) is 15.5 Å². The molecule has 0 atom stereocenters. The van der Waals surface area contributed by atoms with E-state index in [0.29, 0.717) is 39.0 Å². The molecule has 2 N–H and O–H groups in total. The van der Waals surface area contributed by atoms with Crippen molar-refractivity contribution in [2.45, 2.75) is 45.3 Å². The van der Waals surface area contributed by atoms with Crippen LogP contribution in [0.2, 0.25) is 0 Å². The minimum atomic E-state index is -3.00. The maximum Gasteiger partial charge on any atom is 0.409 e. The van der Waals surface area contributed by atoms with Crippen LogP contribution in [0.5, 0.6) is 11.5 Å². The lowest BCUT2D eigenvalue weighted by atomic mass is 10.1. The van der Waals surface area contributed by atoms with E-state index in [1.165, 1.54) is 25.3 Å². The Hall–Kier alpha value is -3.11. The summed E-state index contributed by atoms with van der Waals surface area (Å²) in [7, 11) is 1.29. The van der Waals surface area contributed by atoms with E-state index in [1.807, 2.05) is 0 Å². The number of benzene rings is 1. The summed E-state index contributed by atoms with van der Waals surface area (Å²) >= 11 is 0. The number of hydrogen-bond acceptors (Lipinski definition) is 6. The summed E-state index contributed by atoms with van der Waals surface area (Å²) < 4.78 is 39.0. The number of piperidine rings is 1. The smallest absolute Gasteiger partial charge is 0.409 e. The molecule has 1 heterocycles. The van der Waals surface area contributed by atoms with Gasteiger partial charge in [-0.05, 0) is 44.4 Å². The van der Waals surface area contributed by atoms with Crippen LogP contribution in [0.25, 0.3) is 0 Å². The van der Waals surface area contributed by atoms with Gasteiger partial charge in [-0.2, -0.15) is 8.78 Å². The number of amides is 3. The van der Waals surface area contributed by atoms with Gasteiger partial charge >= 0.3 is 12.7 Å². The van der Waals surface area contributed by atoms with Crippen LogP contribution in [0.1, 0.15) is 43.0 Å². The molecular weight excluding hydrogens is 428 g/mol. The van der Waals surface area contributed by atoms with E-state index < -0.39 is 12.5 Å². The van der Waals surface area contributed by atoms with E-state index in [2.05, 4.69) is 15.4 Å². The van der Waals surface area contributed by atoms with E-state index >= 15 is 0 Å². The standard InChI is InChI=1S/C21H29F2N3O6/c1-3-31-21(29)26-11-8-15(9-12-26)25-18(27)5-4-10-24-19(28)14-6-7-16(32-20(22)23)17(13-14)30-2/h6-7,13,15,20H,3-5,8-12H2,1-2H3,(H,24,28)(H,25,27). The Morgan fingerprint density at radius 2 is 1.91 bits per heavy atom. The largest absolute Gasteiger partial charge is 0.493 e. The van der Waals surface area contributed by atoms with Gasteiger partial charge in [-0.15, -0.1) is 0 Å². The highest BCUT2D eigenvalue weighted by Crippen LogP contribution is 2.29. The molecule has 0 radical (unpaired) electrons. The fourth-order valence-corrected chi connectivity index (χ4v) is 3.28. The van der Waals surface area contributed by atoms with Crippen molar-refractivity contribution in [1.29, 1.82) is 0 Å². The first-order valence-electron chi connectivity index (χ1n) is 10.5. The Kier molecular flexibility index (Phi) is 9.96. The van der Waals surface area contributed by atoms with Crippen molar-refractivity contribution in [3.63, 3.8) is 0 Å². The highest BCUT2D eigenvalue weighted by molar-refractivity contribution is 5.94. The van der Waals surface area contributed by atoms with Crippen LogP contribution in [0.4, 0.5) is 13.6 Å². The Morgan fingerprint density at radius 3 is 2.53 bits per heavy atom. The topological polar surface area (TPSA) is 106 Å². The van der Waals surface area contributed by atoms with Crippen LogP contribution in [0.3, 0.4) is 0 Å². The number of hydrogen-bond donors (Lipinski definition) is 2. The van der Waals surface area contributed by atoms with Crippen LogP contribution < -0.4 is 20.1 Å². The van der Waals surface area contributed by atoms with Gasteiger partial charge in [0, 0.05) is 37.7 Å². The number of nitrogens with zero attached hydrogens (tertiary/aromatic N) is 1. The number of methoxy groups -OCH3 is 1. The second-order valence-electron chi connectivity index (χ2n) is 7.13. The molecule has 32 heavy (non-hydrogen) atoms. The second-order valence-corrected chi connectivity index (χ2v) is 7.13. The summed E-state index contributed by atoms with van der Waals surface area (Å²) in [6.45, 7) is 0.420. The summed E-state index contributed by atoms with van der Waals surface area (Å²) in [5, 5.41) is 5.62. The first kappa shape index (κ1) is 25.2. The van der Waals surface area contributed by atoms with Gasteiger partial charge in [0.15, 0.2) is 11.5 Å². The summed E-state index contributed by atoms with van der Waals surface area (Å²) in [5.41, 5.74) is 0.223. The molecule has 1 saturated heterocycles. The van der Waals surface area contributed by atoms with Crippen molar-refractivity contribution in [2.24, 2.45) is 0 Å². The molecule has 1 aromatic rings. The molecule has 0 unspecified atom stereocenters. The van der Waals surface area contributed by atoms with Crippen molar-refractivity contribution in [3.8, 4) is 11.5 Å². The number of rotatable bonds is 10. The van der Waals surface area contributed by atoms with Crippen molar-refractivity contribution in [3.05, 3.63) is 23.8 Å². The predicted molar refractivity (Wildman–Crippen MR) is 111 cm³/mol. The monoisotopic (exact) mass is 457 g/mol. The highest BCUT2D eigenvalue weighted by Gasteiger charge is 2.24. The van der Waals surface area contributed by atoms with Gasteiger partial charge in [0.05, 0.1) is 13.7 Å². The molecule has 1 aliphatic rings. The van der Waals surface area contributed by atoms with Crippen molar-refractivity contribution < 1.29 is 37.4 Å². The fraction of sp³-hybridized carbons (Fsp3) is 0.571. The molecule has 2 rings (SSSR count). The third kappa shape index (κ3) is 7.86. The van der Waals surface area contributed by atoms with E-state index in [0.717, 1.165) is 0 Å². The quantitative estimate of drug-likeness (QED) is 0.523. The third-order valence-electron chi connectivity index (χ3n) is 4.89. The minimum absolute atomic E-state index is 0.00389. The summed E-state index contributed by atoms with van der Waals surface area (Å²) in [6.07, 6.45) is 1.66. The molecule has 178 valence electrons. The van der Waals surface area contributed by atoms with Crippen LogP contribution in [0.15, 0.2) is 18.2 Å². The molecule has 1 aliphatic heterocycles. The molecule has 0 bridgehead atoms. The normalized spacial score (nSPS) is 14.1. The van der Waals surface area contributed by atoms with Crippen LogP contribution in [0, 0.1) is 0 Å². The molecule has 0 saturated carbocycles. The van der Waals surface area contributed by atoms with E-state index in [4.69, 9.17) is 9.47 Å². The number of ether oxygens (including phenoxy) is 3. The Bertz CT molecular complexity index is 785. The number of carbonyl (C=O) groups excluding carboxylic acids is 3. The number of alkyl halides is 2. The molecular formula is C21H29F2N3O6. The molecule has 11 heteroatoms. The van der Waals surface area contributed by atoms with Crippen molar-refractivity contribution >= 4 is 17.9 Å². The third-order valence-corrected chi connectivity index (χ3v) is 4.89. The zero-order chi connectivity index (χ0) is 23.5. The molecule has 0 aromatic heterocycles. The lowest BCUT2D eigenvalue weighted by Gasteiger charge is -2.31. The molecule has 1 fully saturated rings. The van der Waals surface area contributed by atoms with Crippen LogP contribution >= 0.6 is 0 Å². The molecule has 0 aliphatic carbocycles. The van der Waals surface area contributed by atoms with Gasteiger partial charge in [-0.1, -0.05) is 0 Å². The number of nitrogens with one attached hydrogen (secondary N) is 2. The maximum absolute atomic E-state index is 12.4. The molecule has 1 aromatic carbocycles.